The number of anilines is 1. The van der Waals surface area contributed by atoms with Gasteiger partial charge in [0, 0.05) is 18.3 Å². The summed E-state index contributed by atoms with van der Waals surface area (Å²) in [5, 5.41) is 18.2. The topological polar surface area (TPSA) is 107 Å². The van der Waals surface area contributed by atoms with E-state index in [0.717, 1.165) is 6.26 Å². The Kier molecular flexibility index (Phi) is 4.74. The molecule has 0 aliphatic rings. The highest BCUT2D eigenvalue weighted by molar-refractivity contribution is 7.90. The summed E-state index contributed by atoms with van der Waals surface area (Å²) in [6.45, 7) is 6.92. The average molecular weight is 304 g/mol. The van der Waals surface area contributed by atoms with Gasteiger partial charge in [-0.05, 0) is 27.7 Å². The van der Waals surface area contributed by atoms with Gasteiger partial charge >= 0.3 is 5.69 Å². The van der Waals surface area contributed by atoms with E-state index < -0.39 is 20.8 Å². The molecule has 0 aliphatic carbocycles. The molecule has 1 unspecified atom stereocenters. The van der Waals surface area contributed by atoms with E-state index in [9.17, 15) is 18.5 Å². The molecule has 0 saturated heterocycles. The second kappa shape index (κ2) is 5.78. The van der Waals surface area contributed by atoms with Crippen molar-refractivity contribution in [1.82, 2.24) is 9.78 Å². The van der Waals surface area contributed by atoms with Gasteiger partial charge < -0.3 is 5.32 Å². The summed E-state index contributed by atoms with van der Waals surface area (Å²) < 4.78 is 24.1. The maximum atomic E-state index is 11.3. The molecule has 0 aromatic carbocycles. The number of aryl methyl sites for hydroxylation is 1. The molecule has 0 fully saturated rings. The van der Waals surface area contributed by atoms with Crippen LogP contribution in [0.4, 0.5) is 11.5 Å². The Morgan fingerprint density at radius 3 is 2.35 bits per heavy atom. The number of nitrogens with zero attached hydrogens (tertiary/aromatic N) is 3. The molecule has 0 amide bonds. The monoisotopic (exact) mass is 304 g/mol. The number of aromatic nitrogens is 2. The van der Waals surface area contributed by atoms with Crippen molar-refractivity contribution in [3.63, 3.8) is 0 Å². The number of rotatable bonds is 6. The van der Waals surface area contributed by atoms with Gasteiger partial charge in [-0.2, -0.15) is 5.10 Å². The Hall–Kier alpha value is -1.64. The Morgan fingerprint density at radius 1 is 1.40 bits per heavy atom. The van der Waals surface area contributed by atoms with Crippen LogP contribution in [0.3, 0.4) is 0 Å². The molecule has 8 nitrogen and oxygen atoms in total. The molecule has 1 atom stereocenters. The molecule has 0 bridgehead atoms. The fourth-order valence-electron chi connectivity index (χ4n) is 1.99. The molecule has 1 aromatic rings. The first-order valence-corrected chi connectivity index (χ1v) is 8.26. The van der Waals surface area contributed by atoms with E-state index in [1.807, 2.05) is 13.8 Å². The first kappa shape index (κ1) is 16.4. The second-order valence-electron chi connectivity index (χ2n) is 5.22. The zero-order chi connectivity index (χ0) is 15.7. The van der Waals surface area contributed by atoms with Crippen LogP contribution in [-0.2, 0) is 9.84 Å². The van der Waals surface area contributed by atoms with E-state index in [1.165, 1.54) is 4.68 Å². The van der Waals surface area contributed by atoms with Crippen LogP contribution in [0, 0.1) is 17.0 Å². The lowest BCUT2D eigenvalue weighted by atomic mass is 10.3. The van der Waals surface area contributed by atoms with Gasteiger partial charge in [0.15, 0.2) is 0 Å². The summed E-state index contributed by atoms with van der Waals surface area (Å²) in [5.74, 6) is 0.144. The zero-order valence-electron chi connectivity index (χ0n) is 12.2. The Morgan fingerprint density at radius 2 is 1.95 bits per heavy atom. The van der Waals surface area contributed by atoms with Gasteiger partial charge in [-0.1, -0.05) is 0 Å². The van der Waals surface area contributed by atoms with Crippen molar-refractivity contribution in [2.45, 2.75) is 39.8 Å². The van der Waals surface area contributed by atoms with E-state index in [-0.39, 0.29) is 23.3 Å². The van der Waals surface area contributed by atoms with Crippen molar-refractivity contribution < 1.29 is 13.3 Å². The zero-order valence-corrected chi connectivity index (χ0v) is 13.1. The molecule has 1 N–H and O–H groups in total. The molecule has 0 aliphatic heterocycles. The smallest absolute Gasteiger partial charge is 0.333 e. The largest absolute Gasteiger partial charge is 0.361 e. The number of nitrogens with one attached hydrogen (secondary N) is 1. The van der Waals surface area contributed by atoms with Gasteiger partial charge in [0.2, 0.25) is 5.82 Å². The number of sulfone groups is 1. The Balaban J connectivity index is 3.18. The highest BCUT2D eigenvalue weighted by Crippen LogP contribution is 2.31. The predicted molar refractivity (Wildman–Crippen MR) is 76.8 cm³/mol. The van der Waals surface area contributed by atoms with Gasteiger partial charge in [-0.15, -0.1) is 0 Å². The highest BCUT2D eigenvalue weighted by atomic mass is 32.2. The minimum Gasteiger partial charge on any atom is -0.361 e. The van der Waals surface area contributed by atoms with Gasteiger partial charge in [-0.3, -0.25) is 10.1 Å². The molecule has 20 heavy (non-hydrogen) atoms. The third-order valence-corrected chi connectivity index (χ3v) is 3.77. The number of hydrogen-bond donors (Lipinski definition) is 1. The van der Waals surface area contributed by atoms with Crippen LogP contribution >= 0.6 is 0 Å². The molecule has 1 heterocycles. The van der Waals surface area contributed by atoms with Gasteiger partial charge in [0.1, 0.15) is 15.5 Å². The fourth-order valence-corrected chi connectivity index (χ4v) is 2.99. The standard InChI is InChI=1S/C11H20N4O4S/c1-7(2)14-11(10(15(16)17)9(4)13-14)12-8(3)6-20(5,18)19/h7-8,12H,6H2,1-5H3. The number of hydrogen-bond acceptors (Lipinski definition) is 6. The van der Waals surface area contributed by atoms with Crippen LogP contribution in [0.1, 0.15) is 32.5 Å². The van der Waals surface area contributed by atoms with Crippen molar-refractivity contribution in [3.05, 3.63) is 15.8 Å². The van der Waals surface area contributed by atoms with Crippen LogP contribution in [0.2, 0.25) is 0 Å². The summed E-state index contributed by atoms with van der Waals surface area (Å²) in [4.78, 5) is 10.6. The average Bonchev–Trinajstić information content (AvgIpc) is 2.52. The summed E-state index contributed by atoms with van der Waals surface area (Å²) in [6.07, 6.45) is 1.13. The van der Waals surface area contributed by atoms with Crippen molar-refractivity contribution >= 4 is 21.3 Å². The quantitative estimate of drug-likeness (QED) is 0.630. The third kappa shape index (κ3) is 3.92. The first-order chi connectivity index (χ1) is 9.03. The molecular weight excluding hydrogens is 284 g/mol. The highest BCUT2D eigenvalue weighted by Gasteiger charge is 2.27. The lowest BCUT2D eigenvalue weighted by molar-refractivity contribution is -0.384. The van der Waals surface area contributed by atoms with Crippen LogP contribution in [0.25, 0.3) is 0 Å². The molecule has 114 valence electrons. The van der Waals surface area contributed by atoms with Gasteiger partial charge in [-0.25, -0.2) is 13.1 Å². The lowest BCUT2D eigenvalue weighted by Crippen LogP contribution is -2.27. The van der Waals surface area contributed by atoms with Gasteiger partial charge in [0.05, 0.1) is 10.7 Å². The molecule has 9 heteroatoms. The van der Waals surface area contributed by atoms with Crippen molar-refractivity contribution in [3.8, 4) is 0 Å². The summed E-state index contributed by atoms with van der Waals surface area (Å²) >= 11 is 0. The minimum absolute atomic E-state index is 0.0738. The fraction of sp³-hybridized carbons (Fsp3) is 0.727. The third-order valence-electron chi connectivity index (χ3n) is 2.66. The van der Waals surface area contributed by atoms with E-state index in [4.69, 9.17) is 0 Å². The predicted octanol–water partition coefficient (Wildman–Crippen LogP) is 1.53. The summed E-state index contributed by atoms with van der Waals surface area (Å²) in [5.41, 5.74) is 0.191. The van der Waals surface area contributed by atoms with Crippen LogP contribution in [0.5, 0.6) is 0 Å². The van der Waals surface area contributed by atoms with Gasteiger partial charge in [0.25, 0.3) is 0 Å². The summed E-state index contributed by atoms with van der Waals surface area (Å²) in [6, 6.07) is -0.521. The Labute approximate surface area is 118 Å². The maximum Gasteiger partial charge on any atom is 0.333 e. The SMILES string of the molecule is Cc1nn(C(C)C)c(NC(C)CS(C)(=O)=O)c1[N+](=O)[O-]. The molecule has 0 spiro atoms. The Bertz CT molecular complexity index is 606. The maximum absolute atomic E-state index is 11.3. The molecule has 1 aromatic heterocycles. The van der Waals surface area contributed by atoms with Crippen LogP contribution < -0.4 is 5.32 Å². The van der Waals surface area contributed by atoms with Crippen molar-refractivity contribution in [2.75, 3.05) is 17.3 Å². The van der Waals surface area contributed by atoms with E-state index in [2.05, 4.69) is 10.4 Å². The molecule has 0 radical (unpaired) electrons. The lowest BCUT2D eigenvalue weighted by Gasteiger charge is -2.16. The van der Waals surface area contributed by atoms with E-state index in [0.29, 0.717) is 5.69 Å². The molecule has 1 rings (SSSR count). The van der Waals surface area contributed by atoms with E-state index >= 15 is 0 Å². The first-order valence-electron chi connectivity index (χ1n) is 6.20. The van der Waals surface area contributed by atoms with Crippen LogP contribution in [0.15, 0.2) is 0 Å². The molecular formula is C11H20N4O4S. The molecule has 0 saturated carbocycles. The van der Waals surface area contributed by atoms with Crippen molar-refractivity contribution in [2.24, 2.45) is 0 Å². The van der Waals surface area contributed by atoms with Crippen LogP contribution in [-0.4, -0.2) is 41.2 Å². The summed E-state index contributed by atoms with van der Waals surface area (Å²) in [7, 11) is -3.16. The van der Waals surface area contributed by atoms with E-state index in [1.54, 1.807) is 13.8 Å². The normalized spacial score (nSPS) is 13.5. The van der Waals surface area contributed by atoms with Crippen molar-refractivity contribution in [1.29, 1.82) is 0 Å². The minimum atomic E-state index is -3.16. The number of nitro groups is 1. The second-order valence-corrected chi connectivity index (χ2v) is 7.40.